The normalized spacial score (nSPS) is 18.0. The molecule has 0 saturated heterocycles. The zero-order chi connectivity index (χ0) is 13.6. The fraction of sp³-hybridized carbons (Fsp3) is 0.429. The van der Waals surface area contributed by atoms with E-state index >= 15 is 0 Å². The molecule has 1 aromatic carbocycles. The maximum atomic E-state index is 11.6. The van der Waals surface area contributed by atoms with Crippen LogP contribution in [0.25, 0.3) is 0 Å². The molecule has 1 N–H and O–H groups in total. The summed E-state index contributed by atoms with van der Waals surface area (Å²) >= 11 is 6.23. The van der Waals surface area contributed by atoms with Crippen LogP contribution in [0.15, 0.2) is 12.1 Å². The van der Waals surface area contributed by atoms with Gasteiger partial charge in [0.25, 0.3) is 11.7 Å². The summed E-state index contributed by atoms with van der Waals surface area (Å²) in [6.45, 7) is 0.959. The summed E-state index contributed by atoms with van der Waals surface area (Å²) in [5, 5.41) is 3.10. The Kier molecular flexibility index (Phi) is 2.97. The highest BCUT2D eigenvalue weighted by Crippen LogP contribution is 2.36. The molecule has 1 saturated carbocycles. The van der Waals surface area contributed by atoms with Crippen molar-refractivity contribution in [3.05, 3.63) is 22.7 Å². The molecule has 1 heterocycles. The molecule has 1 amide bonds. The van der Waals surface area contributed by atoms with Crippen molar-refractivity contribution in [1.29, 1.82) is 0 Å². The Morgan fingerprint density at radius 2 is 2.11 bits per heavy atom. The van der Waals surface area contributed by atoms with E-state index in [0.717, 1.165) is 18.2 Å². The number of hydrogen-bond donors (Lipinski definition) is 1. The molecule has 1 aromatic rings. The summed E-state index contributed by atoms with van der Waals surface area (Å²) in [6, 6.07) is 3.38. The van der Waals surface area contributed by atoms with Crippen molar-refractivity contribution in [2.75, 3.05) is 23.8 Å². The van der Waals surface area contributed by atoms with Crippen LogP contribution in [0, 0.1) is 5.92 Å². The van der Waals surface area contributed by atoms with Gasteiger partial charge in [0.2, 0.25) is 0 Å². The van der Waals surface area contributed by atoms with Crippen LogP contribution in [-0.2, 0) is 4.79 Å². The Bertz CT molecular complexity index is 567. The van der Waals surface area contributed by atoms with Gasteiger partial charge in [-0.3, -0.25) is 9.59 Å². The van der Waals surface area contributed by atoms with Crippen molar-refractivity contribution < 1.29 is 9.59 Å². The first-order chi connectivity index (χ1) is 9.06. The van der Waals surface area contributed by atoms with Gasteiger partial charge < -0.3 is 10.2 Å². The molecule has 4 nitrogen and oxygen atoms in total. The molecule has 19 heavy (non-hydrogen) atoms. The Morgan fingerprint density at radius 3 is 2.74 bits per heavy atom. The smallest absolute Gasteiger partial charge is 0.296 e. The summed E-state index contributed by atoms with van der Waals surface area (Å²) in [5.74, 6) is -0.361. The molecule has 0 unspecified atom stereocenters. The van der Waals surface area contributed by atoms with E-state index in [4.69, 9.17) is 11.6 Å². The van der Waals surface area contributed by atoms with Crippen LogP contribution in [0.5, 0.6) is 0 Å². The Morgan fingerprint density at radius 1 is 1.37 bits per heavy atom. The number of ketones is 1. The van der Waals surface area contributed by atoms with Crippen LogP contribution >= 0.6 is 11.6 Å². The van der Waals surface area contributed by atoms with E-state index < -0.39 is 11.7 Å². The van der Waals surface area contributed by atoms with Crippen LogP contribution in [0.2, 0.25) is 5.02 Å². The predicted molar refractivity (Wildman–Crippen MR) is 75.0 cm³/mol. The van der Waals surface area contributed by atoms with E-state index in [1.165, 1.54) is 19.3 Å². The highest BCUT2D eigenvalue weighted by molar-refractivity contribution is 6.52. The molecule has 1 fully saturated rings. The fourth-order valence-corrected chi connectivity index (χ4v) is 2.92. The van der Waals surface area contributed by atoms with Gasteiger partial charge in [-0.25, -0.2) is 0 Å². The van der Waals surface area contributed by atoms with E-state index in [1.54, 1.807) is 12.1 Å². The van der Waals surface area contributed by atoms with Gasteiger partial charge in [-0.2, -0.15) is 0 Å². The van der Waals surface area contributed by atoms with Gasteiger partial charge in [0.05, 0.1) is 22.0 Å². The number of nitrogens with one attached hydrogen (secondary N) is 1. The first kappa shape index (κ1) is 12.5. The minimum absolute atomic E-state index is 0.371. The highest BCUT2D eigenvalue weighted by Gasteiger charge is 2.30. The van der Waals surface area contributed by atoms with Crippen LogP contribution in [-0.4, -0.2) is 25.3 Å². The first-order valence-corrected chi connectivity index (χ1v) is 6.84. The summed E-state index contributed by atoms with van der Waals surface area (Å²) in [7, 11) is 1.99. The lowest BCUT2D eigenvalue weighted by Crippen LogP contribution is -2.29. The predicted octanol–water partition coefficient (Wildman–Crippen LogP) is 2.71. The topological polar surface area (TPSA) is 49.4 Å². The monoisotopic (exact) mass is 278 g/mol. The number of rotatable bonds is 3. The highest BCUT2D eigenvalue weighted by atomic mass is 35.5. The number of nitrogens with zero attached hydrogens (tertiary/aromatic N) is 1. The lowest BCUT2D eigenvalue weighted by molar-refractivity contribution is -0.112. The zero-order valence-electron chi connectivity index (χ0n) is 10.7. The van der Waals surface area contributed by atoms with Gasteiger partial charge >= 0.3 is 0 Å². The quantitative estimate of drug-likeness (QED) is 0.865. The van der Waals surface area contributed by atoms with Crippen molar-refractivity contribution in [3.63, 3.8) is 0 Å². The number of halogens is 1. The average Bonchev–Trinajstić information content (AvgIpc) is 2.59. The second-order valence-electron chi connectivity index (χ2n) is 5.31. The molecule has 100 valence electrons. The third kappa shape index (κ3) is 2.10. The fourth-order valence-electron chi connectivity index (χ4n) is 2.61. The molecule has 5 heteroatoms. The lowest BCUT2D eigenvalue weighted by Gasteiger charge is -2.31. The zero-order valence-corrected chi connectivity index (χ0v) is 11.5. The van der Waals surface area contributed by atoms with Gasteiger partial charge in [-0.1, -0.05) is 18.0 Å². The second-order valence-corrected chi connectivity index (χ2v) is 5.72. The van der Waals surface area contributed by atoms with Gasteiger partial charge in [0.15, 0.2) is 0 Å². The third-order valence-corrected chi connectivity index (χ3v) is 4.26. The summed E-state index contributed by atoms with van der Waals surface area (Å²) < 4.78 is 0. The van der Waals surface area contributed by atoms with Crippen LogP contribution in [0.1, 0.15) is 29.6 Å². The van der Waals surface area contributed by atoms with Crippen LogP contribution < -0.4 is 10.2 Å². The number of hydrogen-bond acceptors (Lipinski definition) is 3. The molecule has 1 aliphatic carbocycles. The van der Waals surface area contributed by atoms with Gasteiger partial charge in [0.1, 0.15) is 0 Å². The molecule has 0 atom stereocenters. The number of Topliss-reactive ketones (excluding diaryl/α,β-unsaturated/α-hetero) is 1. The third-order valence-electron chi connectivity index (χ3n) is 3.95. The standard InChI is InChI=1S/C14H15ClN2O2/c1-17(7-8-3-2-4-8)12-6-11-9(5-10(12)15)13(18)14(19)16-11/h5-6,8H,2-4,7H2,1H3,(H,16,18,19). The molecule has 0 bridgehead atoms. The van der Waals surface area contributed by atoms with Crippen LogP contribution in [0.3, 0.4) is 0 Å². The maximum absolute atomic E-state index is 11.6. The number of carbonyl (C=O) groups is 2. The number of amides is 1. The van der Waals surface area contributed by atoms with Gasteiger partial charge in [-0.15, -0.1) is 0 Å². The van der Waals surface area contributed by atoms with Crippen molar-refractivity contribution in [2.24, 2.45) is 5.92 Å². The van der Waals surface area contributed by atoms with E-state index in [2.05, 4.69) is 10.2 Å². The largest absolute Gasteiger partial charge is 0.373 e. The first-order valence-electron chi connectivity index (χ1n) is 6.46. The lowest BCUT2D eigenvalue weighted by atomic mass is 9.85. The molecule has 0 spiro atoms. The number of anilines is 2. The van der Waals surface area contributed by atoms with Crippen molar-refractivity contribution in [2.45, 2.75) is 19.3 Å². The minimum Gasteiger partial charge on any atom is -0.373 e. The average molecular weight is 279 g/mol. The molecule has 2 aliphatic rings. The maximum Gasteiger partial charge on any atom is 0.296 e. The van der Waals surface area contributed by atoms with E-state index in [1.807, 2.05) is 7.05 Å². The van der Waals surface area contributed by atoms with E-state index in [-0.39, 0.29) is 0 Å². The molecule has 3 rings (SSSR count). The summed E-state index contributed by atoms with van der Waals surface area (Å²) in [5.41, 5.74) is 1.80. The van der Waals surface area contributed by atoms with Gasteiger partial charge in [-0.05, 0) is 30.9 Å². The minimum atomic E-state index is -0.579. The van der Waals surface area contributed by atoms with Gasteiger partial charge in [0, 0.05) is 13.6 Å². The Balaban J connectivity index is 1.88. The number of carbonyl (C=O) groups excluding carboxylic acids is 2. The molecule has 0 aromatic heterocycles. The molecule has 1 aliphatic heterocycles. The Labute approximate surface area is 116 Å². The van der Waals surface area contributed by atoms with E-state index in [9.17, 15) is 9.59 Å². The molecular formula is C14H15ClN2O2. The number of fused-ring (bicyclic) bond motifs is 1. The molecular weight excluding hydrogens is 264 g/mol. The van der Waals surface area contributed by atoms with E-state index in [0.29, 0.717) is 16.3 Å². The SMILES string of the molecule is CN(CC1CCC1)c1cc2c(cc1Cl)C(=O)C(=O)N2. The van der Waals surface area contributed by atoms with Crippen molar-refractivity contribution >= 4 is 34.7 Å². The Hall–Kier alpha value is -1.55. The van der Waals surface area contributed by atoms with Crippen LogP contribution in [0.4, 0.5) is 11.4 Å². The summed E-state index contributed by atoms with van der Waals surface area (Å²) in [6.07, 6.45) is 3.84. The number of benzene rings is 1. The molecule has 0 radical (unpaired) electrons. The summed E-state index contributed by atoms with van der Waals surface area (Å²) in [4.78, 5) is 25.0. The van der Waals surface area contributed by atoms with Crippen molar-refractivity contribution in [1.82, 2.24) is 0 Å². The second kappa shape index (κ2) is 4.53. The van der Waals surface area contributed by atoms with Crippen molar-refractivity contribution in [3.8, 4) is 0 Å².